The summed E-state index contributed by atoms with van der Waals surface area (Å²) < 4.78 is 36.7. The van der Waals surface area contributed by atoms with Gasteiger partial charge in [0.15, 0.2) is 5.60 Å². The Morgan fingerprint density at radius 2 is 1.02 bits per heavy atom. The maximum atomic E-state index is 15.3. The Morgan fingerprint density at radius 1 is 0.590 bits per heavy atom. The van der Waals surface area contributed by atoms with Gasteiger partial charge in [0.05, 0.1) is 61.1 Å². The molecule has 646 valence electrons. The van der Waals surface area contributed by atoms with Gasteiger partial charge < -0.3 is 85.8 Å². The van der Waals surface area contributed by atoms with Gasteiger partial charge in [0.25, 0.3) is 0 Å². The first-order valence-electron chi connectivity index (χ1n) is 42.3. The minimum Gasteiger partial charge on any atom is -0.496 e. The van der Waals surface area contributed by atoms with Crippen molar-refractivity contribution < 1.29 is 191 Å². The molecule has 12 heterocycles. The van der Waals surface area contributed by atoms with E-state index in [1.54, 1.807) is 14.2 Å². The van der Waals surface area contributed by atoms with Crippen molar-refractivity contribution in [3.63, 3.8) is 0 Å². The van der Waals surface area contributed by atoms with E-state index in [1.165, 1.54) is 46.0 Å². The van der Waals surface area contributed by atoms with E-state index in [0.29, 0.717) is 62.5 Å². The molecule has 4 bridgehead atoms. The number of likely N-dealkylation sites (N-methyl/N-ethyl adjacent to an activating group) is 2. The van der Waals surface area contributed by atoms with E-state index in [0.717, 1.165) is 163 Å². The van der Waals surface area contributed by atoms with Gasteiger partial charge in [0.1, 0.15) is 40.6 Å². The fraction of sp³-hybridized carbons (Fsp3) is 0.548. The van der Waals surface area contributed by atoms with Gasteiger partial charge in [-0.2, -0.15) is 0 Å². The number of hydrogen-bond donors (Lipinski definition) is 8. The molecule has 122 heavy (non-hydrogen) atoms. The van der Waals surface area contributed by atoms with Crippen LogP contribution in [0.4, 0.5) is 11.4 Å². The Hall–Kier alpha value is -5.14. The third-order valence-electron chi connectivity index (χ3n) is 29.9. The molecule has 29 heteroatoms. The fourth-order valence-corrected chi connectivity index (χ4v) is 25.8. The van der Waals surface area contributed by atoms with Crippen molar-refractivity contribution in [3.8, 4) is 11.5 Å². The summed E-state index contributed by atoms with van der Waals surface area (Å²) in [5, 5.41) is 66.2. The third-order valence-corrected chi connectivity index (χ3v) is 29.9. The number of carbonyl (C=O) groups is 4. The minimum absolute atomic E-state index is 0. The smallest absolute Gasteiger partial charge is 0.496 e. The number of anilines is 2. The number of ether oxygens (including phenoxy) is 6. The van der Waals surface area contributed by atoms with E-state index < -0.39 is 86.5 Å². The molecule has 2 radical (unpaired) electrons. The van der Waals surface area contributed by atoms with E-state index in [4.69, 9.17) is 38.9 Å². The third kappa shape index (κ3) is 14.6. The summed E-state index contributed by atoms with van der Waals surface area (Å²) in [6.07, 6.45) is 17.9. The number of rotatable bonds is 16. The number of benzene rings is 4. The van der Waals surface area contributed by atoms with Crippen molar-refractivity contribution in [3.05, 3.63) is 179 Å². The van der Waals surface area contributed by atoms with Gasteiger partial charge in [-0.05, 0) is 142 Å². The second kappa shape index (κ2) is 37.5. The van der Waals surface area contributed by atoms with Crippen molar-refractivity contribution >= 4 is 64.9 Å². The molecule has 10 aliphatic heterocycles. The average Bonchev–Trinajstić information content (AvgIpc) is 1.48. The summed E-state index contributed by atoms with van der Waals surface area (Å²) in [6, 6.07) is 23.4. The first-order valence-corrected chi connectivity index (χ1v) is 42.3. The number of nitrogens with zero attached hydrogens (tertiary/aromatic N) is 6. The van der Waals surface area contributed by atoms with Crippen LogP contribution in [0.3, 0.4) is 0 Å². The maximum Gasteiger partial charge on any atom is 1.00 e. The molecular formula is C93H121BK2N8O18. The van der Waals surface area contributed by atoms with E-state index >= 15 is 9.59 Å². The van der Waals surface area contributed by atoms with Crippen LogP contribution in [-0.4, -0.2) is 261 Å². The molecule has 0 amide bonds. The van der Waals surface area contributed by atoms with Crippen LogP contribution in [0.2, 0.25) is 6.82 Å². The first-order chi connectivity index (χ1) is 57.3. The Balaban J connectivity index is 0.000000204. The van der Waals surface area contributed by atoms with Crippen molar-refractivity contribution in [1.29, 1.82) is 0 Å². The Kier molecular flexibility index (Phi) is 29.5. The molecule has 2 saturated heterocycles. The number of fused-ring (bicyclic) bond motifs is 12. The van der Waals surface area contributed by atoms with Crippen LogP contribution >= 0.6 is 0 Å². The summed E-state index contributed by atoms with van der Waals surface area (Å²) in [6.45, 7) is 20.4. The number of aromatic amines is 2. The molecule has 18 atom stereocenters. The zero-order chi connectivity index (χ0) is 84.8. The van der Waals surface area contributed by atoms with Gasteiger partial charge in [-0.1, -0.05) is 119 Å². The predicted molar refractivity (Wildman–Crippen MR) is 458 cm³/mol. The largest absolute Gasteiger partial charge is 1.00 e. The predicted octanol–water partition coefficient (Wildman–Crippen LogP) is 3.98. The monoisotopic (exact) mass is 1730 g/mol. The summed E-state index contributed by atoms with van der Waals surface area (Å²) in [4.78, 5) is 84.0. The molecular weight excluding hydrogens is 1610 g/mol. The molecule has 26 nitrogen and oxygen atoms in total. The molecule has 2 aromatic heterocycles. The summed E-state index contributed by atoms with van der Waals surface area (Å²) in [5.41, 5.74) is 4.49. The van der Waals surface area contributed by atoms with Crippen molar-refractivity contribution in [2.75, 3.05) is 131 Å². The molecule has 4 unspecified atom stereocenters. The number of methoxy groups -OCH3 is 4. The SMILES string of the molecule is CCC1=C[C@@H]2CN(CCc3c([nH]c4ccccc34)[C@@](C(=O)OC)(c3cc4c(cc3OC)N(C)[C@H]3[C@@](O)(CO)[C@H](O)[C@]5(CC)C=CCN6CC[C@]43C65)C2)C1.CCC1=C[C@@H]2CN(CCc3c([nH]c4ccccc34)[C@@](C(=O)OC)(c3cc4c(cc3OC)N(C)[C@H]3[C@@](O)(COC(C)=O)[C@H](OC(C)=O)[C@]5(CC)C=CCN6CC[C@]43C65)C2)C1.OO[CH-]OO.[B]C.[CH3-].[K+].[K+]. The molecule has 4 aromatic carbocycles. The molecule has 8 N–H and O–H groups in total. The van der Waals surface area contributed by atoms with Gasteiger partial charge >= 0.3 is 127 Å². The average molecular weight is 1730 g/mol. The van der Waals surface area contributed by atoms with Crippen LogP contribution < -0.4 is 122 Å². The van der Waals surface area contributed by atoms with Crippen LogP contribution in [0.1, 0.15) is 138 Å². The van der Waals surface area contributed by atoms with E-state index in [1.807, 2.05) is 38.4 Å². The van der Waals surface area contributed by atoms with Crippen LogP contribution in [-0.2, 0) is 82.4 Å². The zero-order valence-electron chi connectivity index (χ0n) is 74.0. The number of H-pyrrole nitrogens is 2. The summed E-state index contributed by atoms with van der Waals surface area (Å²) >= 11 is 0. The van der Waals surface area contributed by atoms with Crippen molar-refractivity contribution in [1.82, 2.24) is 29.6 Å². The van der Waals surface area contributed by atoms with Crippen LogP contribution in [0.25, 0.3) is 21.8 Å². The van der Waals surface area contributed by atoms with E-state index in [-0.39, 0.29) is 153 Å². The van der Waals surface area contributed by atoms with Crippen LogP contribution in [0.5, 0.6) is 11.5 Å². The van der Waals surface area contributed by atoms with Crippen LogP contribution in [0, 0.1) is 36.9 Å². The molecule has 6 aromatic rings. The maximum absolute atomic E-state index is 15.3. The molecule has 18 rings (SSSR count). The van der Waals surface area contributed by atoms with Crippen LogP contribution in [0.15, 0.2) is 120 Å². The number of aliphatic hydroxyl groups is 4. The van der Waals surface area contributed by atoms with Gasteiger partial charge in [-0.25, -0.2) is 0 Å². The molecule has 2 aliphatic carbocycles. The normalized spacial score (nSPS) is 33.1. The second-order valence-electron chi connectivity index (χ2n) is 35.0. The molecule has 12 aliphatic rings. The van der Waals surface area contributed by atoms with Gasteiger partial charge in [0, 0.05) is 182 Å². The number of nitrogens with one attached hydrogen (secondary N) is 2. The number of aromatic nitrogens is 2. The first kappa shape index (κ1) is 96.0. The number of hydrogen-bond acceptors (Lipinski definition) is 24. The van der Waals surface area contributed by atoms with E-state index in [2.05, 4.69) is 170 Å². The number of aliphatic hydroxyl groups excluding tert-OH is 2. The fourth-order valence-electron chi connectivity index (χ4n) is 25.8. The molecule has 2 spiro atoms. The van der Waals surface area contributed by atoms with Gasteiger partial charge in [0.2, 0.25) is 0 Å². The number of esters is 4. The number of carbonyl (C=O) groups excluding carboxylic acids is 4. The quantitative estimate of drug-likeness (QED) is 0.0129. The van der Waals surface area contributed by atoms with Crippen molar-refractivity contribution in [2.24, 2.45) is 22.7 Å². The number of para-hydroxylation sites is 2. The standard InChI is InChI=1S/C47H58N4O8.C43H54N4O6.CH3B.CH3O4.CH3.2K/c1-8-30-21-31-24-46(43(54)57-7,39-33(15-19-50(25-30)26-31)32-13-10-11-14-36(32)48-39)35-22-34-37(23-38(35)56-6)49(5)41-45(34)17-20-51-18-12-16-44(9-2,40(45)51)42(59-29(4)53)47(41,55)27-58-28(3)52;1-6-26-19-27-22-42(39(50)53-5,35-29(13-17-46(23-26)24-27)28-11-8-9-12-32(28)44-35)31-20-30-33(21-34(31)52-4)45(3)37-41(30)15-18-47-16-10-14-40(7-2,36(41)47)38(49)43(37,51)25-48;1-2;2-4-1-5-3;;;/h10-14,16,21-23,31,40-42,48,55H,8-9,15,17-20,24-27H2,1-7H3;8-12,14,19-21,27,36-38,44,48-49,51H,6-7,13,15-18,22-25H2,1-5H3;1H3;1-3H;1H3;;/q;;;2*-1;2*+1/t31-,40?,41+,42+,44+,45+,46-,47-;27-,36?,37+,38+,40+,41+,42-,43-;;;;;/m00...../s1. The van der Waals surface area contributed by atoms with Gasteiger partial charge in [-0.15, -0.1) is 0 Å². The van der Waals surface area contributed by atoms with E-state index in [9.17, 15) is 30.0 Å². The second-order valence-corrected chi connectivity index (χ2v) is 35.0. The minimum atomic E-state index is -1.84. The Bertz CT molecular complexity index is 5020. The molecule has 4 fully saturated rings. The zero-order valence-corrected chi connectivity index (χ0v) is 80.2. The Morgan fingerprint density at radius 3 is 1.42 bits per heavy atom. The van der Waals surface area contributed by atoms with Gasteiger partial charge in [-0.3, -0.25) is 49.3 Å². The summed E-state index contributed by atoms with van der Waals surface area (Å²) in [7, 11) is 14.7. The Labute approximate surface area is 803 Å². The summed E-state index contributed by atoms with van der Waals surface area (Å²) in [5.74, 6) is -0.539. The van der Waals surface area contributed by atoms with Crippen molar-refractivity contribution in [2.45, 2.75) is 182 Å². The molecule has 2 saturated carbocycles. The topological polar surface area (TPSA) is 315 Å².